The van der Waals surface area contributed by atoms with Crippen molar-refractivity contribution in [1.82, 2.24) is 9.78 Å². The second kappa shape index (κ2) is 4.55. The van der Waals surface area contributed by atoms with Crippen LogP contribution >= 0.6 is 11.6 Å². The lowest BCUT2D eigenvalue weighted by molar-refractivity contribution is -0.158. The molecule has 0 aliphatic heterocycles. The van der Waals surface area contributed by atoms with Crippen molar-refractivity contribution in [1.29, 1.82) is 0 Å². The van der Waals surface area contributed by atoms with Gasteiger partial charge in [0.15, 0.2) is 0 Å². The number of hydrogen-bond acceptors (Lipinski definition) is 3. The molecule has 1 aromatic rings. The van der Waals surface area contributed by atoms with Crippen LogP contribution in [0.2, 0.25) is 5.02 Å². The molecule has 1 heterocycles. The first-order valence-corrected chi connectivity index (χ1v) is 6.39. The fraction of sp³-hybridized carbons (Fsp3) is 0.667. The molecule has 0 amide bonds. The number of carboxylic acids is 1. The Balaban J connectivity index is 2.11. The van der Waals surface area contributed by atoms with Crippen LogP contribution in [-0.4, -0.2) is 31.6 Å². The zero-order chi connectivity index (χ0) is 13.5. The number of carboxylic acid groups (broad SMARTS) is 1. The van der Waals surface area contributed by atoms with Crippen molar-refractivity contribution < 1.29 is 15.0 Å². The first kappa shape index (κ1) is 13.4. The third kappa shape index (κ3) is 2.24. The van der Waals surface area contributed by atoms with Crippen LogP contribution in [0.15, 0.2) is 0 Å². The maximum atomic E-state index is 10.8. The lowest BCUT2D eigenvalue weighted by Crippen LogP contribution is -2.48. The summed E-state index contributed by atoms with van der Waals surface area (Å²) in [7, 11) is 1.79. The van der Waals surface area contributed by atoms with Gasteiger partial charge in [0.05, 0.1) is 27.9 Å². The van der Waals surface area contributed by atoms with E-state index in [1.54, 1.807) is 11.7 Å². The van der Waals surface area contributed by atoms with Gasteiger partial charge in [0.1, 0.15) is 0 Å². The van der Waals surface area contributed by atoms with Crippen LogP contribution in [0.25, 0.3) is 0 Å². The van der Waals surface area contributed by atoms with Gasteiger partial charge in [0.2, 0.25) is 0 Å². The monoisotopic (exact) mass is 272 g/mol. The van der Waals surface area contributed by atoms with E-state index in [1.807, 2.05) is 6.92 Å². The smallest absolute Gasteiger partial charge is 0.306 e. The Morgan fingerprint density at radius 2 is 2.22 bits per heavy atom. The Labute approximate surface area is 110 Å². The molecular formula is C12H17ClN2O3. The van der Waals surface area contributed by atoms with Crippen molar-refractivity contribution in [2.75, 3.05) is 0 Å². The molecule has 100 valence electrons. The highest BCUT2D eigenvalue weighted by Gasteiger charge is 2.47. The van der Waals surface area contributed by atoms with E-state index in [4.69, 9.17) is 16.7 Å². The Kier molecular flexibility index (Phi) is 3.38. The Bertz CT molecular complexity index is 478. The quantitative estimate of drug-likeness (QED) is 0.869. The molecule has 0 atom stereocenters. The summed E-state index contributed by atoms with van der Waals surface area (Å²) in [4.78, 5) is 10.8. The van der Waals surface area contributed by atoms with Gasteiger partial charge in [-0.3, -0.25) is 9.48 Å². The van der Waals surface area contributed by atoms with Gasteiger partial charge < -0.3 is 10.2 Å². The van der Waals surface area contributed by atoms with E-state index < -0.39 is 17.5 Å². The fourth-order valence-electron chi connectivity index (χ4n) is 2.50. The topological polar surface area (TPSA) is 75.3 Å². The number of carbonyl (C=O) groups is 1. The second-order valence-electron chi connectivity index (χ2n) is 5.03. The van der Waals surface area contributed by atoms with E-state index in [2.05, 4.69) is 5.10 Å². The molecule has 0 radical (unpaired) electrons. The van der Waals surface area contributed by atoms with E-state index in [9.17, 15) is 9.90 Å². The fourth-order valence-corrected chi connectivity index (χ4v) is 2.86. The van der Waals surface area contributed by atoms with Gasteiger partial charge >= 0.3 is 5.97 Å². The van der Waals surface area contributed by atoms with Crippen LogP contribution in [0.1, 0.15) is 31.2 Å². The molecule has 0 bridgehead atoms. The molecule has 1 aliphatic carbocycles. The molecule has 0 unspecified atom stereocenters. The SMILES string of the molecule is CCc1nn(C)c(CC2(O)CC(C(=O)O)C2)c1Cl. The summed E-state index contributed by atoms with van der Waals surface area (Å²) in [6.45, 7) is 1.97. The molecular weight excluding hydrogens is 256 g/mol. The number of hydrogen-bond donors (Lipinski definition) is 2. The average molecular weight is 273 g/mol. The first-order valence-electron chi connectivity index (χ1n) is 6.01. The van der Waals surface area contributed by atoms with Gasteiger partial charge in [-0.05, 0) is 19.3 Å². The van der Waals surface area contributed by atoms with Gasteiger partial charge in [-0.15, -0.1) is 0 Å². The molecule has 2 N–H and O–H groups in total. The molecule has 6 heteroatoms. The molecule has 18 heavy (non-hydrogen) atoms. The lowest BCUT2D eigenvalue weighted by Gasteiger charge is -2.41. The minimum atomic E-state index is -0.953. The standard InChI is InChI=1S/C12H17ClN2O3/c1-3-8-10(13)9(15(2)14-8)6-12(18)4-7(5-12)11(16)17/h7,18H,3-6H2,1-2H3,(H,16,17). The number of aliphatic hydroxyl groups is 1. The van der Waals surface area contributed by atoms with Crippen LogP contribution in [0.5, 0.6) is 0 Å². The van der Waals surface area contributed by atoms with E-state index in [0.29, 0.717) is 11.4 Å². The Hall–Kier alpha value is -1.07. The zero-order valence-corrected chi connectivity index (χ0v) is 11.2. The van der Waals surface area contributed by atoms with Crippen molar-refractivity contribution in [3.63, 3.8) is 0 Å². The third-order valence-electron chi connectivity index (χ3n) is 3.60. The highest BCUT2D eigenvalue weighted by atomic mass is 35.5. The van der Waals surface area contributed by atoms with E-state index in [0.717, 1.165) is 17.8 Å². The number of aryl methyl sites for hydroxylation is 2. The maximum Gasteiger partial charge on any atom is 0.306 e. The maximum absolute atomic E-state index is 10.8. The molecule has 1 saturated carbocycles. The Morgan fingerprint density at radius 3 is 2.67 bits per heavy atom. The van der Waals surface area contributed by atoms with Crippen molar-refractivity contribution in [2.45, 2.75) is 38.2 Å². The van der Waals surface area contributed by atoms with Crippen LogP contribution < -0.4 is 0 Å². The molecule has 1 aliphatic rings. The predicted molar refractivity (Wildman–Crippen MR) is 66.6 cm³/mol. The van der Waals surface area contributed by atoms with Crippen LogP contribution in [0.4, 0.5) is 0 Å². The first-order chi connectivity index (χ1) is 8.36. The molecule has 2 rings (SSSR count). The van der Waals surface area contributed by atoms with Crippen LogP contribution in [0, 0.1) is 5.92 Å². The van der Waals surface area contributed by atoms with Crippen molar-refractivity contribution >= 4 is 17.6 Å². The number of halogens is 1. The molecule has 0 aromatic carbocycles. The summed E-state index contributed by atoms with van der Waals surface area (Å²) in [6.07, 6.45) is 1.67. The molecule has 0 saturated heterocycles. The van der Waals surface area contributed by atoms with Gasteiger partial charge in [-0.25, -0.2) is 0 Å². The third-order valence-corrected chi connectivity index (χ3v) is 4.04. The van der Waals surface area contributed by atoms with Gasteiger partial charge in [-0.1, -0.05) is 18.5 Å². The minimum Gasteiger partial charge on any atom is -0.481 e. The summed E-state index contributed by atoms with van der Waals surface area (Å²) in [6, 6.07) is 0. The number of aromatic nitrogens is 2. The summed E-state index contributed by atoms with van der Waals surface area (Å²) in [5.74, 6) is -1.28. The van der Waals surface area contributed by atoms with Crippen molar-refractivity contribution in [3.05, 3.63) is 16.4 Å². The lowest BCUT2D eigenvalue weighted by atomic mass is 9.69. The normalized spacial score (nSPS) is 27.0. The van der Waals surface area contributed by atoms with Gasteiger partial charge in [-0.2, -0.15) is 5.10 Å². The Morgan fingerprint density at radius 1 is 1.61 bits per heavy atom. The molecule has 0 spiro atoms. The van der Waals surface area contributed by atoms with E-state index >= 15 is 0 Å². The van der Waals surface area contributed by atoms with Gasteiger partial charge in [0.25, 0.3) is 0 Å². The number of nitrogens with zero attached hydrogens (tertiary/aromatic N) is 2. The summed E-state index contributed by atoms with van der Waals surface area (Å²) >= 11 is 6.21. The zero-order valence-electron chi connectivity index (χ0n) is 10.5. The number of rotatable bonds is 4. The highest BCUT2D eigenvalue weighted by Crippen LogP contribution is 2.41. The van der Waals surface area contributed by atoms with Gasteiger partial charge in [0, 0.05) is 13.5 Å². The van der Waals surface area contributed by atoms with Crippen molar-refractivity contribution in [2.24, 2.45) is 13.0 Å². The van der Waals surface area contributed by atoms with E-state index in [1.165, 1.54) is 0 Å². The minimum absolute atomic E-state index is 0.283. The highest BCUT2D eigenvalue weighted by molar-refractivity contribution is 6.31. The largest absolute Gasteiger partial charge is 0.481 e. The summed E-state index contributed by atoms with van der Waals surface area (Å²) in [5, 5.41) is 24.0. The average Bonchev–Trinajstić information content (AvgIpc) is 2.52. The summed E-state index contributed by atoms with van der Waals surface area (Å²) < 4.78 is 1.67. The molecule has 1 aromatic heterocycles. The van der Waals surface area contributed by atoms with E-state index in [-0.39, 0.29) is 12.8 Å². The van der Waals surface area contributed by atoms with Crippen molar-refractivity contribution in [3.8, 4) is 0 Å². The predicted octanol–water partition coefficient (Wildman–Crippen LogP) is 1.40. The molecule has 5 nitrogen and oxygen atoms in total. The number of aliphatic carboxylic acids is 1. The second-order valence-corrected chi connectivity index (χ2v) is 5.41. The molecule has 1 fully saturated rings. The van der Waals surface area contributed by atoms with Crippen LogP contribution in [0.3, 0.4) is 0 Å². The van der Waals surface area contributed by atoms with Crippen LogP contribution in [-0.2, 0) is 24.7 Å². The summed E-state index contributed by atoms with van der Waals surface area (Å²) in [5.41, 5.74) is 0.637.